The van der Waals surface area contributed by atoms with Gasteiger partial charge in [-0.3, -0.25) is 4.55 Å². The Kier molecular flexibility index (Phi) is 15.1. The Morgan fingerprint density at radius 2 is 1.12 bits per heavy atom. The second-order valence-electron chi connectivity index (χ2n) is 7.25. The number of rotatable bonds is 17. The molecule has 0 aromatic carbocycles. The lowest BCUT2D eigenvalue weighted by Gasteiger charge is -2.14. The van der Waals surface area contributed by atoms with Gasteiger partial charge in [0.2, 0.25) is 0 Å². The molecule has 0 aliphatic carbocycles. The van der Waals surface area contributed by atoms with E-state index in [0.29, 0.717) is 6.42 Å². The number of hydrogen-bond acceptors (Lipinski definition) is 3. The van der Waals surface area contributed by atoms with E-state index >= 15 is 0 Å². The Morgan fingerprint density at radius 1 is 0.750 bits per heavy atom. The van der Waals surface area contributed by atoms with E-state index in [2.05, 4.69) is 6.92 Å². The Balaban J connectivity index is 3.30. The third kappa shape index (κ3) is 15.4. The molecule has 0 aliphatic rings. The van der Waals surface area contributed by atoms with Crippen molar-refractivity contribution < 1.29 is 18.1 Å². The first-order valence-corrected chi connectivity index (χ1v) is 11.5. The lowest BCUT2D eigenvalue weighted by atomic mass is 10.0. The van der Waals surface area contributed by atoms with Crippen molar-refractivity contribution in [3.05, 3.63) is 0 Å². The van der Waals surface area contributed by atoms with E-state index in [1.54, 1.807) is 0 Å². The average Bonchev–Trinajstić information content (AvgIpc) is 2.51. The summed E-state index contributed by atoms with van der Waals surface area (Å²) in [7, 11) is -4.02. The highest BCUT2D eigenvalue weighted by Crippen LogP contribution is 2.15. The van der Waals surface area contributed by atoms with Gasteiger partial charge in [-0.25, -0.2) is 0 Å². The SMILES string of the molecule is CCCCCCCCCCCCCCCC(O)CC(C)S(=O)(=O)O. The number of aliphatic hydroxyl groups is 1. The molecule has 146 valence electrons. The fourth-order valence-electron chi connectivity index (χ4n) is 3.02. The number of unbranched alkanes of at least 4 members (excludes halogenated alkanes) is 12. The fourth-order valence-corrected chi connectivity index (χ4v) is 3.49. The summed E-state index contributed by atoms with van der Waals surface area (Å²) in [5.74, 6) is 0. The van der Waals surface area contributed by atoms with Crippen molar-refractivity contribution in [3.63, 3.8) is 0 Å². The maximum atomic E-state index is 10.9. The summed E-state index contributed by atoms with van der Waals surface area (Å²) < 4.78 is 30.7. The maximum Gasteiger partial charge on any atom is 0.267 e. The van der Waals surface area contributed by atoms with Crippen LogP contribution in [0.4, 0.5) is 0 Å². The second-order valence-corrected chi connectivity index (χ2v) is 9.08. The van der Waals surface area contributed by atoms with Crippen molar-refractivity contribution >= 4 is 10.1 Å². The first kappa shape index (κ1) is 23.9. The highest BCUT2D eigenvalue weighted by molar-refractivity contribution is 7.86. The van der Waals surface area contributed by atoms with Gasteiger partial charge in [-0.2, -0.15) is 8.42 Å². The minimum absolute atomic E-state index is 0.122. The van der Waals surface area contributed by atoms with Gasteiger partial charge in [0.15, 0.2) is 0 Å². The predicted octanol–water partition coefficient (Wildman–Crippen LogP) is 5.50. The molecule has 0 amide bonds. The van der Waals surface area contributed by atoms with Gasteiger partial charge in [0.05, 0.1) is 11.4 Å². The molecule has 0 heterocycles. The third-order valence-corrected chi connectivity index (χ3v) is 5.96. The molecule has 0 spiro atoms. The molecule has 4 nitrogen and oxygen atoms in total. The van der Waals surface area contributed by atoms with Gasteiger partial charge in [-0.05, 0) is 19.8 Å². The van der Waals surface area contributed by atoms with Crippen LogP contribution < -0.4 is 0 Å². The molecule has 0 fully saturated rings. The lowest BCUT2D eigenvalue weighted by Crippen LogP contribution is -2.23. The van der Waals surface area contributed by atoms with Crippen molar-refractivity contribution in [1.82, 2.24) is 0 Å². The fraction of sp³-hybridized carbons (Fsp3) is 1.00. The van der Waals surface area contributed by atoms with Gasteiger partial charge < -0.3 is 5.11 Å². The van der Waals surface area contributed by atoms with E-state index in [9.17, 15) is 13.5 Å². The van der Waals surface area contributed by atoms with E-state index in [-0.39, 0.29) is 6.42 Å². The normalized spacial score (nSPS) is 14.7. The molecule has 0 aliphatic heterocycles. The van der Waals surface area contributed by atoms with Gasteiger partial charge in [0.25, 0.3) is 10.1 Å². The maximum absolute atomic E-state index is 10.9. The van der Waals surface area contributed by atoms with Gasteiger partial charge in [0, 0.05) is 0 Å². The molecule has 0 rings (SSSR count). The van der Waals surface area contributed by atoms with E-state index in [1.165, 1.54) is 77.6 Å². The van der Waals surface area contributed by atoms with Crippen LogP contribution in [0.3, 0.4) is 0 Å². The Bertz CT molecular complexity index is 368. The zero-order valence-corrected chi connectivity index (χ0v) is 16.7. The Hall–Kier alpha value is -0.130. The van der Waals surface area contributed by atoms with Gasteiger partial charge >= 0.3 is 0 Å². The summed E-state index contributed by atoms with van der Waals surface area (Å²) >= 11 is 0. The molecule has 0 bridgehead atoms. The van der Waals surface area contributed by atoms with Gasteiger partial charge in [-0.1, -0.05) is 90.4 Å². The van der Waals surface area contributed by atoms with Crippen LogP contribution in [0.25, 0.3) is 0 Å². The predicted molar refractivity (Wildman–Crippen MR) is 102 cm³/mol. The van der Waals surface area contributed by atoms with Crippen LogP contribution in [0, 0.1) is 0 Å². The highest BCUT2D eigenvalue weighted by Gasteiger charge is 2.20. The van der Waals surface area contributed by atoms with Crippen LogP contribution in [0.1, 0.15) is 110 Å². The Labute approximate surface area is 150 Å². The standard InChI is InChI=1S/C19H40O4S/c1-3-4-5-6-7-8-9-10-11-12-13-14-15-16-19(20)17-18(2)24(21,22)23/h18-20H,3-17H2,1-2H3,(H,21,22,23). The van der Waals surface area contributed by atoms with Gasteiger partial charge in [0.1, 0.15) is 0 Å². The van der Waals surface area contributed by atoms with Crippen LogP contribution in [0.15, 0.2) is 0 Å². The average molecular weight is 365 g/mol. The van der Waals surface area contributed by atoms with E-state index in [0.717, 1.165) is 12.8 Å². The molecule has 0 saturated heterocycles. The second kappa shape index (κ2) is 15.2. The van der Waals surface area contributed by atoms with Crippen molar-refractivity contribution in [1.29, 1.82) is 0 Å². The molecule has 0 saturated carbocycles. The molecular formula is C19H40O4S. The minimum Gasteiger partial charge on any atom is -0.393 e. The zero-order valence-electron chi connectivity index (χ0n) is 15.9. The van der Waals surface area contributed by atoms with Crippen molar-refractivity contribution in [3.8, 4) is 0 Å². The molecule has 0 radical (unpaired) electrons. The first-order valence-electron chi connectivity index (χ1n) is 10.0. The van der Waals surface area contributed by atoms with Crippen LogP contribution in [-0.2, 0) is 10.1 Å². The smallest absolute Gasteiger partial charge is 0.267 e. The Morgan fingerprint density at radius 3 is 1.50 bits per heavy atom. The summed E-state index contributed by atoms with van der Waals surface area (Å²) in [6.45, 7) is 3.68. The van der Waals surface area contributed by atoms with Crippen molar-refractivity contribution in [2.75, 3.05) is 0 Å². The highest BCUT2D eigenvalue weighted by atomic mass is 32.2. The number of aliphatic hydroxyl groups excluding tert-OH is 1. The largest absolute Gasteiger partial charge is 0.393 e. The minimum atomic E-state index is -4.02. The lowest BCUT2D eigenvalue weighted by molar-refractivity contribution is 0.149. The van der Waals surface area contributed by atoms with Crippen LogP contribution in [0.5, 0.6) is 0 Å². The third-order valence-electron chi connectivity index (χ3n) is 4.75. The quantitative estimate of drug-likeness (QED) is 0.264. The molecule has 24 heavy (non-hydrogen) atoms. The van der Waals surface area contributed by atoms with E-state index in [1.807, 2.05) is 0 Å². The molecule has 0 aromatic rings. The summed E-state index contributed by atoms with van der Waals surface area (Å²) in [5.41, 5.74) is 0. The zero-order chi connectivity index (χ0) is 18.3. The molecular weight excluding hydrogens is 324 g/mol. The number of hydrogen-bond donors (Lipinski definition) is 2. The van der Waals surface area contributed by atoms with Crippen LogP contribution in [-0.4, -0.2) is 29.4 Å². The van der Waals surface area contributed by atoms with E-state index < -0.39 is 21.5 Å². The summed E-state index contributed by atoms with van der Waals surface area (Å²) in [6, 6.07) is 0. The van der Waals surface area contributed by atoms with Crippen molar-refractivity contribution in [2.45, 2.75) is 122 Å². The molecule has 0 aromatic heterocycles. The monoisotopic (exact) mass is 364 g/mol. The molecule has 2 unspecified atom stereocenters. The first-order chi connectivity index (χ1) is 11.4. The van der Waals surface area contributed by atoms with E-state index in [4.69, 9.17) is 4.55 Å². The molecule has 2 N–H and O–H groups in total. The summed E-state index contributed by atoms with van der Waals surface area (Å²) in [5, 5.41) is 8.90. The van der Waals surface area contributed by atoms with Gasteiger partial charge in [-0.15, -0.1) is 0 Å². The van der Waals surface area contributed by atoms with Crippen molar-refractivity contribution in [2.24, 2.45) is 0 Å². The molecule has 5 heteroatoms. The van der Waals surface area contributed by atoms with Crippen LogP contribution >= 0.6 is 0 Å². The summed E-state index contributed by atoms with van der Waals surface area (Å²) in [4.78, 5) is 0. The molecule has 2 atom stereocenters. The topological polar surface area (TPSA) is 74.6 Å². The summed E-state index contributed by atoms with van der Waals surface area (Å²) in [6.07, 6.45) is 16.8. The van der Waals surface area contributed by atoms with Crippen LogP contribution in [0.2, 0.25) is 0 Å².